The normalized spacial score (nSPS) is 13.0. The summed E-state index contributed by atoms with van der Waals surface area (Å²) in [5.74, 6) is 2.40. The molecule has 0 radical (unpaired) electrons. The van der Waals surface area contributed by atoms with Crippen LogP contribution in [0.4, 0.5) is 5.82 Å². The van der Waals surface area contributed by atoms with Gasteiger partial charge in [-0.2, -0.15) is 0 Å². The first kappa shape index (κ1) is 13.7. The summed E-state index contributed by atoms with van der Waals surface area (Å²) in [6.45, 7) is 10.3. The van der Waals surface area contributed by atoms with Crippen LogP contribution in [0.5, 0.6) is 0 Å². The Morgan fingerprint density at radius 1 is 1.19 bits per heavy atom. The summed E-state index contributed by atoms with van der Waals surface area (Å²) in [5, 5.41) is 0.944. The summed E-state index contributed by atoms with van der Waals surface area (Å²) in [7, 11) is 0. The quantitative estimate of drug-likeness (QED) is 0.782. The van der Waals surface area contributed by atoms with Crippen LogP contribution < -0.4 is 5.73 Å². The number of anilines is 1. The monoisotopic (exact) mass is 284 g/mol. The molecule has 3 aromatic heterocycles. The van der Waals surface area contributed by atoms with Crippen LogP contribution >= 0.6 is 0 Å². The van der Waals surface area contributed by atoms with Crippen LogP contribution in [0.2, 0.25) is 0 Å². The number of hydrogen-bond donors (Lipinski definition) is 1. The van der Waals surface area contributed by atoms with Gasteiger partial charge in [0, 0.05) is 11.3 Å². The predicted octanol–water partition coefficient (Wildman–Crippen LogP) is 3.45. The molecule has 5 heteroatoms. The number of furan rings is 1. The lowest BCUT2D eigenvalue weighted by Gasteiger charge is -2.16. The van der Waals surface area contributed by atoms with Crippen LogP contribution in [0.1, 0.15) is 41.3 Å². The van der Waals surface area contributed by atoms with Gasteiger partial charge in [0.15, 0.2) is 0 Å². The van der Waals surface area contributed by atoms with Gasteiger partial charge in [0.25, 0.3) is 0 Å². The minimum atomic E-state index is 0.132. The van der Waals surface area contributed by atoms with Crippen LogP contribution in [-0.4, -0.2) is 14.5 Å². The van der Waals surface area contributed by atoms with Crippen molar-refractivity contribution in [3.8, 4) is 0 Å². The first-order valence-corrected chi connectivity index (χ1v) is 7.06. The molecule has 0 aliphatic rings. The molecule has 110 valence electrons. The van der Waals surface area contributed by atoms with Crippen molar-refractivity contribution in [2.24, 2.45) is 0 Å². The first-order valence-electron chi connectivity index (χ1n) is 7.06. The lowest BCUT2D eigenvalue weighted by molar-refractivity contribution is 0.494. The average molecular weight is 284 g/mol. The highest BCUT2D eigenvalue weighted by molar-refractivity contribution is 5.91. The summed E-state index contributed by atoms with van der Waals surface area (Å²) in [6.07, 6.45) is 1.52. The van der Waals surface area contributed by atoms with E-state index in [4.69, 9.17) is 10.2 Å². The van der Waals surface area contributed by atoms with Crippen molar-refractivity contribution in [3.05, 3.63) is 40.7 Å². The Morgan fingerprint density at radius 2 is 1.90 bits per heavy atom. The number of nitrogens with zero attached hydrogens (tertiary/aromatic N) is 3. The van der Waals surface area contributed by atoms with E-state index in [9.17, 15) is 0 Å². The van der Waals surface area contributed by atoms with Gasteiger partial charge in [-0.05, 0) is 46.2 Å². The zero-order valence-electron chi connectivity index (χ0n) is 13.1. The molecule has 0 fully saturated rings. The van der Waals surface area contributed by atoms with Crippen molar-refractivity contribution < 1.29 is 4.42 Å². The molecule has 0 saturated heterocycles. The fraction of sp³-hybridized carbons (Fsp3) is 0.375. The second-order valence-corrected chi connectivity index (χ2v) is 5.58. The predicted molar refractivity (Wildman–Crippen MR) is 83.4 cm³/mol. The van der Waals surface area contributed by atoms with Gasteiger partial charge in [0.05, 0.1) is 11.4 Å². The van der Waals surface area contributed by atoms with Crippen molar-refractivity contribution in [2.75, 3.05) is 5.73 Å². The van der Waals surface area contributed by atoms with Crippen LogP contribution in [0.25, 0.3) is 11.0 Å². The second-order valence-electron chi connectivity index (χ2n) is 5.58. The zero-order chi connectivity index (χ0) is 15.3. The highest BCUT2D eigenvalue weighted by Crippen LogP contribution is 2.33. The van der Waals surface area contributed by atoms with E-state index in [1.165, 1.54) is 11.9 Å². The van der Waals surface area contributed by atoms with Crippen LogP contribution in [0, 0.1) is 27.7 Å². The highest BCUT2D eigenvalue weighted by Gasteiger charge is 2.22. The molecule has 3 rings (SSSR count). The van der Waals surface area contributed by atoms with Gasteiger partial charge in [-0.1, -0.05) is 0 Å². The molecular weight excluding hydrogens is 264 g/mol. The molecule has 0 aliphatic heterocycles. The minimum Gasteiger partial charge on any atom is -0.466 e. The molecule has 1 unspecified atom stereocenters. The number of nitrogen functional groups attached to an aromatic ring is 1. The van der Waals surface area contributed by atoms with Crippen molar-refractivity contribution in [1.82, 2.24) is 14.5 Å². The number of rotatable bonds is 2. The third kappa shape index (κ3) is 1.92. The molecule has 0 spiro atoms. The Labute approximate surface area is 123 Å². The summed E-state index contributed by atoms with van der Waals surface area (Å²) in [5.41, 5.74) is 10.4. The molecule has 3 aromatic rings. The molecule has 0 bridgehead atoms. The maximum absolute atomic E-state index is 6.03. The highest BCUT2D eigenvalue weighted by atomic mass is 16.3. The van der Waals surface area contributed by atoms with E-state index in [0.29, 0.717) is 5.82 Å². The second kappa shape index (κ2) is 4.62. The fourth-order valence-corrected chi connectivity index (χ4v) is 3.13. The maximum atomic E-state index is 6.03. The van der Waals surface area contributed by atoms with Gasteiger partial charge in [0.2, 0.25) is 0 Å². The molecule has 3 heterocycles. The van der Waals surface area contributed by atoms with Crippen LogP contribution in [-0.2, 0) is 0 Å². The van der Waals surface area contributed by atoms with E-state index >= 15 is 0 Å². The van der Waals surface area contributed by atoms with Crippen molar-refractivity contribution >= 4 is 16.9 Å². The molecule has 5 nitrogen and oxygen atoms in total. The van der Waals surface area contributed by atoms with Crippen molar-refractivity contribution in [3.63, 3.8) is 0 Å². The molecule has 1 atom stereocenters. The number of fused-ring (bicyclic) bond motifs is 1. The van der Waals surface area contributed by atoms with Crippen molar-refractivity contribution in [1.29, 1.82) is 0 Å². The van der Waals surface area contributed by atoms with E-state index in [1.54, 1.807) is 0 Å². The van der Waals surface area contributed by atoms with Crippen molar-refractivity contribution in [2.45, 2.75) is 40.7 Å². The van der Waals surface area contributed by atoms with Gasteiger partial charge >= 0.3 is 0 Å². The standard InChI is InChI=1S/C16H20N4O/c1-8-6-13(12(5)21-8)11(4)20-10(3)9(2)14-15(17)18-7-19-16(14)20/h6-7,11H,1-5H3,(H2,17,18,19). The Balaban J connectivity index is 2.28. The molecule has 0 amide bonds. The third-order valence-corrected chi connectivity index (χ3v) is 4.28. The van der Waals surface area contributed by atoms with Gasteiger partial charge in [0.1, 0.15) is 29.3 Å². The molecule has 21 heavy (non-hydrogen) atoms. The minimum absolute atomic E-state index is 0.132. The van der Waals surface area contributed by atoms with Gasteiger partial charge < -0.3 is 14.7 Å². The fourth-order valence-electron chi connectivity index (χ4n) is 3.13. The summed E-state index contributed by atoms with van der Waals surface area (Å²) in [4.78, 5) is 8.56. The van der Waals surface area contributed by atoms with Gasteiger partial charge in [-0.25, -0.2) is 9.97 Å². The molecular formula is C16H20N4O. The molecule has 0 aromatic carbocycles. The smallest absolute Gasteiger partial charge is 0.146 e. The van der Waals surface area contributed by atoms with E-state index in [-0.39, 0.29) is 6.04 Å². The van der Waals surface area contributed by atoms with Gasteiger partial charge in [-0.3, -0.25) is 0 Å². The van der Waals surface area contributed by atoms with E-state index in [2.05, 4.69) is 41.4 Å². The van der Waals surface area contributed by atoms with Gasteiger partial charge in [-0.15, -0.1) is 0 Å². The third-order valence-electron chi connectivity index (χ3n) is 4.28. The molecule has 2 N–H and O–H groups in total. The lowest BCUT2D eigenvalue weighted by atomic mass is 10.1. The number of aryl methyl sites for hydroxylation is 3. The van der Waals surface area contributed by atoms with Crippen LogP contribution in [0.15, 0.2) is 16.8 Å². The summed E-state index contributed by atoms with van der Waals surface area (Å²) < 4.78 is 7.88. The zero-order valence-corrected chi connectivity index (χ0v) is 13.1. The summed E-state index contributed by atoms with van der Waals surface area (Å²) in [6, 6.07) is 2.22. The Bertz CT molecular complexity index is 829. The van der Waals surface area contributed by atoms with E-state index in [0.717, 1.165) is 33.8 Å². The Kier molecular flexibility index (Phi) is 3.01. The lowest BCUT2D eigenvalue weighted by Crippen LogP contribution is -2.09. The first-order chi connectivity index (χ1) is 9.91. The Hall–Kier alpha value is -2.30. The average Bonchev–Trinajstić information content (AvgIpc) is 2.89. The molecule has 0 saturated carbocycles. The van der Waals surface area contributed by atoms with E-state index < -0.39 is 0 Å². The summed E-state index contributed by atoms with van der Waals surface area (Å²) >= 11 is 0. The Morgan fingerprint density at radius 3 is 2.52 bits per heavy atom. The molecule has 0 aliphatic carbocycles. The SMILES string of the molecule is Cc1cc(C(C)n2c(C)c(C)c3c(N)ncnc32)c(C)o1. The largest absolute Gasteiger partial charge is 0.466 e. The van der Waals surface area contributed by atoms with Crippen LogP contribution in [0.3, 0.4) is 0 Å². The number of nitrogens with two attached hydrogens (primary N) is 1. The number of hydrogen-bond acceptors (Lipinski definition) is 4. The maximum Gasteiger partial charge on any atom is 0.146 e. The topological polar surface area (TPSA) is 69.9 Å². The number of aromatic nitrogens is 3. The van der Waals surface area contributed by atoms with E-state index in [1.807, 2.05) is 13.8 Å².